The van der Waals surface area contributed by atoms with Crippen LogP contribution in [0.1, 0.15) is 40.0 Å². The molecule has 0 aromatic carbocycles. The van der Waals surface area contributed by atoms with Crippen molar-refractivity contribution in [3.63, 3.8) is 0 Å². The molecule has 0 aliphatic heterocycles. The van der Waals surface area contributed by atoms with Gasteiger partial charge in [0.15, 0.2) is 0 Å². The molecule has 0 fully saturated rings. The van der Waals surface area contributed by atoms with Gasteiger partial charge in [-0.05, 0) is 32.3 Å². The van der Waals surface area contributed by atoms with E-state index in [1.807, 2.05) is 19.9 Å². The number of amides is 1. The lowest BCUT2D eigenvalue weighted by atomic mass is 10.1. The van der Waals surface area contributed by atoms with Gasteiger partial charge in [0, 0.05) is 19.0 Å². The summed E-state index contributed by atoms with van der Waals surface area (Å²) in [5.41, 5.74) is 5.98. The summed E-state index contributed by atoms with van der Waals surface area (Å²) >= 11 is 0. The Morgan fingerprint density at radius 2 is 2.12 bits per heavy atom. The third-order valence-electron chi connectivity index (χ3n) is 2.38. The van der Waals surface area contributed by atoms with E-state index in [2.05, 4.69) is 5.32 Å². The van der Waals surface area contributed by atoms with Crippen LogP contribution in [0.15, 0.2) is 23.6 Å². The first-order valence-electron chi connectivity index (χ1n) is 6.02. The van der Waals surface area contributed by atoms with Crippen LogP contribution in [-0.4, -0.2) is 18.5 Å². The minimum Gasteiger partial charge on any atom is -0.352 e. The van der Waals surface area contributed by atoms with Crippen molar-refractivity contribution < 1.29 is 9.18 Å². The molecule has 4 heteroatoms. The molecule has 0 radical (unpaired) electrons. The quantitative estimate of drug-likeness (QED) is 0.674. The van der Waals surface area contributed by atoms with Gasteiger partial charge in [-0.15, -0.1) is 0 Å². The molecule has 0 rings (SSSR count). The minimum atomic E-state index is -0.227. The average Bonchev–Trinajstić information content (AvgIpc) is 2.28. The molecule has 1 amide bonds. The summed E-state index contributed by atoms with van der Waals surface area (Å²) in [6.07, 6.45) is 5.19. The number of allylic oxidation sites excluding steroid dienone is 4. The van der Waals surface area contributed by atoms with Gasteiger partial charge in [-0.3, -0.25) is 4.79 Å². The molecule has 0 unspecified atom stereocenters. The fourth-order valence-electron chi connectivity index (χ4n) is 1.28. The number of nitrogens with two attached hydrogens (primary N) is 1. The predicted molar refractivity (Wildman–Crippen MR) is 69.1 cm³/mol. The van der Waals surface area contributed by atoms with Gasteiger partial charge >= 0.3 is 0 Å². The molecule has 1 atom stereocenters. The highest BCUT2D eigenvalue weighted by molar-refractivity contribution is 5.76. The predicted octanol–water partition coefficient (Wildman–Crippen LogP) is 2.44. The van der Waals surface area contributed by atoms with Crippen LogP contribution in [0.5, 0.6) is 0 Å². The molecule has 3 nitrogen and oxygen atoms in total. The molecule has 0 heterocycles. The third-order valence-corrected chi connectivity index (χ3v) is 2.38. The van der Waals surface area contributed by atoms with Crippen molar-refractivity contribution in [2.24, 2.45) is 5.73 Å². The van der Waals surface area contributed by atoms with Crippen molar-refractivity contribution in [1.82, 2.24) is 5.32 Å². The van der Waals surface area contributed by atoms with Gasteiger partial charge in [0.25, 0.3) is 0 Å². The highest BCUT2D eigenvalue weighted by Gasteiger charge is 2.07. The second kappa shape index (κ2) is 8.93. The lowest BCUT2D eigenvalue weighted by Gasteiger charge is -2.11. The fourth-order valence-corrected chi connectivity index (χ4v) is 1.28. The maximum atomic E-state index is 13.1. The van der Waals surface area contributed by atoms with Crippen molar-refractivity contribution in [2.45, 2.75) is 46.1 Å². The van der Waals surface area contributed by atoms with Gasteiger partial charge in [0.2, 0.25) is 5.91 Å². The van der Waals surface area contributed by atoms with Gasteiger partial charge in [0.1, 0.15) is 5.83 Å². The largest absolute Gasteiger partial charge is 0.352 e. The Bertz CT molecular complexity index is 294. The summed E-state index contributed by atoms with van der Waals surface area (Å²) in [7, 11) is 0. The molecule has 0 aliphatic rings. The first-order chi connectivity index (χ1) is 8.01. The highest BCUT2D eigenvalue weighted by Crippen LogP contribution is 2.14. The summed E-state index contributed by atoms with van der Waals surface area (Å²) in [4.78, 5) is 11.5. The molecule has 17 heavy (non-hydrogen) atoms. The number of carbonyl (C=O) groups is 1. The van der Waals surface area contributed by atoms with E-state index in [1.165, 1.54) is 6.92 Å². The third kappa shape index (κ3) is 7.69. The monoisotopic (exact) mass is 242 g/mol. The van der Waals surface area contributed by atoms with Crippen LogP contribution in [0.2, 0.25) is 0 Å². The van der Waals surface area contributed by atoms with E-state index in [9.17, 15) is 9.18 Å². The molecule has 0 aromatic rings. The molecule has 0 bridgehead atoms. The maximum absolute atomic E-state index is 13.1. The van der Waals surface area contributed by atoms with Crippen molar-refractivity contribution in [3.05, 3.63) is 23.6 Å². The smallest absolute Gasteiger partial charge is 0.220 e. The molecule has 0 aliphatic carbocycles. The zero-order valence-electron chi connectivity index (χ0n) is 10.9. The van der Waals surface area contributed by atoms with E-state index in [0.29, 0.717) is 18.5 Å². The number of rotatable bonds is 7. The molecule has 0 saturated heterocycles. The molecule has 3 N–H and O–H groups in total. The molecule has 0 spiro atoms. The number of nitrogens with one attached hydrogen (secondary N) is 1. The molecule has 0 aromatic heterocycles. The summed E-state index contributed by atoms with van der Waals surface area (Å²) in [6.45, 7) is 5.64. The lowest BCUT2D eigenvalue weighted by Crippen LogP contribution is -2.37. The summed E-state index contributed by atoms with van der Waals surface area (Å²) < 4.78 is 13.1. The van der Waals surface area contributed by atoms with Crippen LogP contribution in [0, 0.1) is 0 Å². The van der Waals surface area contributed by atoms with Crippen molar-refractivity contribution >= 4 is 5.91 Å². The number of hydrogen-bond acceptors (Lipinski definition) is 2. The Kier molecular flexibility index (Phi) is 8.32. The summed E-state index contributed by atoms with van der Waals surface area (Å²) in [5.74, 6) is -0.319. The number of halogens is 1. The Balaban J connectivity index is 4.19. The van der Waals surface area contributed by atoms with Crippen LogP contribution in [0.25, 0.3) is 0 Å². The van der Waals surface area contributed by atoms with Gasteiger partial charge in [-0.2, -0.15) is 0 Å². The second-order valence-electron chi connectivity index (χ2n) is 4.07. The summed E-state index contributed by atoms with van der Waals surface area (Å²) in [5, 5.41) is 2.75. The number of carbonyl (C=O) groups excluding carboxylic acids is 1. The zero-order valence-corrected chi connectivity index (χ0v) is 10.9. The van der Waals surface area contributed by atoms with Crippen LogP contribution in [0.4, 0.5) is 4.39 Å². The Morgan fingerprint density at radius 1 is 1.47 bits per heavy atom. The van der Waals surface area contributed by atoms with Gasteiger partial charge < -0.3 is 11.1 Å². The highest BCUT2D eigenvalue weighted by atomic mass is 19.1. The van der Waals surface area contributed by atoms with Crippen molar-refractivity contribution in [1.29, 1.82) is 0 Å². The molecule has 98 valence electrons. The van der Waals surface area contributed by atoms with E-state index in [-0.39, 0.29) is 24.2 Å². The number of hydrogen-bond donors (Lipinski definition) is 2. The van der Waals surface area contributed by atoms with Gasteiger partial charge in [0.05, 0.1) is 0 Å². The molecular formula is C13H23FN2O. The fraction of sp³-hybridized carbons (Fsp3) is 0.615. The van der Waals surface area contributed by atoms with Crippen molar-refractivity contribution in [3.8, 4) is 0 Å². The maximum Gasteiger partial charge on any atom is 0.220 e. The van der Waals surface area contributed by atoms with Gasteiger partial charge in [-0.25, -0.2) is 4.39 Å². The Morgan fingerprint density at radius 3 is 2.59 bits per heavy atom. The van der Waals surface area contributed by atoms with E-state index in [0.717, 1.165) is 6.42 Å². The molecule has 0 saturated carbocycles. The average molecular weight is 242 g/mol. The second-order valence-corrected chi connectivity index (χ2v) is 4.07. The Hall–Kier alpha value is -1.16. The van der Waals surface area contributed by atoms with E-state index in [4.69, 9.17) is 5.73 Å². The lowest BCUT2D eigenvalue weighted by molar-refractivity contribution is -0.121. The molecular weight excluding hydrogens is 219 g/mol. The summed E-state index contributed by atoms with van der Waals surface area (Å²) in [6, 6.07) is -0.0346. The minimum absolute atomic E-state index is 0.0346. The van der Waals surface area contributed by atoms with Crippen LogP contribution in [-0.2, 0) is 4.79 Å². The van der Waals surface area contributed by atoms with E-state index >= 15 is 0 Å². The van der Waals surface area contributed by atoms with E-state index in [1.54, 1.807) is 6.08 Å². The van der Waals surface area contributed by atoms with Crippen LogP contribution >= 0.6 is 0 Å². The SMILES string of the molecule is CC/C=C\C(CCC(=O)N[C@H](C)CN)=C(/C)F. The van der Waals surface area contributed by atoms with Gasteiger partial charge in [-0.1, -0.05) is 19.1 Å². The normalized spacial score (nSPS) is 14.6. The van der Waals surface area contributed by atoms with Crippen LogP contribution in [0.3, 0.4) is 0 Å². The zero-order chi connectivity index (χ0) is 13.3. The van der Waals surface area contributed by atoms with Crippen molar-refractivity contribution in [2.75, 3.05) is 6.54 Å². The van der Waals surface area contributed by atoms with E-state index < -0.39 is 0 Å². The standard InChI is InChI=1S/C13H23FN2O/c1-4-5-6-12(11(3)14)7-8-13(17)16-10(2)9-15/h5-6,10H,4,7-9,15H2,1-3H3,(H,16,17)/b6-5-,12-11-/t10-/m1/s1. The van der Waals surface area contributed by atoms with Crippen LogP contribution < -0.4 is 11.1 Å². The first-order valence-corrected chi connectivity index (χ1v) is 6.02. The first kappa shape index (κ1) is 15.8. The topological polar surface area (TPSA) is 55.1 Å². The Labute approximate surface area is 103 Å².